The Morgan fingerprint density at radius 3 is 2.82 bits per heavy atom. The Balaban J connectivity index is 2.36. The molecule has 1 unspecified atom stereocenters. The van der Waals surface area contributed by atoms with E-state index in [1.807, 2.05) is 18.2 Å². The van der Waals surface area contributed by atoms with Crippen molar-refractivity contribution in [1.82, 2.24) is 0 Å². The molecule has 0 heterocycles. The smallest absolute Gasteiger partial charge is 0.339 e. The van der Waals surface area contributed by atoms with E-state index in [0.29, 0.717) is 5.56 Å². The zero-order valence-electron chi connectivity index (χ0n) is 9.85. The van der Waals surface area contributed by atoms with Gasteiger partial charge in [-0.1, -0.05) is 30.3 Å². The number of rotatable bonds is 3. The van der Waals surface area contributed by atoms with Crippen molar-refractivity contribution < 1.29 is 14.6 Å². The van der Waals surface area contributed by atoms with Gasteiger partial charge in [0.15, 0.2) is 6.10 Å². The highest BCUT2D eigenvalue weighted by atomic mass is 16.5. The molecule has 1 aliphatic rings. The molecular weight excluding hydrogens is 216 g/mol. The lowest BCUT2D eigenvalue weighted by atomic mass is 9.96. The van der Waals surface area contributed by atoms with Crippen LogP contribution in [0.25, 0.3) is 5.57 Å². The number of allylic oxidation sites excluding steroid dienone is 2. The quantitative estimate of drug-likeness (QED) is 0.814. The lowest BCUT2D eigenvalue weighted by Gasteiger charge is -2.14. The number of esters is 1. The summed E-state index contributed by atoms with van der Waals surface area (Å²) in [4.78, 5) is 11.4. The zero-order chi connectivity index (χ0) is 12.3. The normalized spacial score (nSPS) is 16.5. The number of methoxy groups -OCH3 is 1. The summed E-state index contributed by atoms with van der Waals surface area (Å²) in [5, 5.41) is 9.93. The second-order valence-electron chi connectivity index (χ2n) is 4.13. The molecule has 90 valence electrons. The van der Waals surface area contributed by atoms with Gasteiger partial charge in [0.2, 0.25) is 0 Å². The van der Waals surface area contributed by atoms with Gasteiger partial charge in [-0.2, -0.15) is 0 Å². The van der Waals surface area contributed by atoms with Crippen molar-refractivity contribution in [3.05, 3.63) is 41.5 Å². The molecule has 17 heavy (non-hydrogen) atoms. The fourth-order valence-corrected chi connectivity index (χ4v) is 2.18. The van der Waals surface area contributed by atoms with Gasteiger partial charge in [-0.25, -0.2) is 4.79 Å². The summed E-state index contributed by atoms with van der Waals surface area (Å²) in [6.45, 7) is 0. The number of ether oxygens (including phenoxy) is 1. The zero-order valence-corrected chi connectivity index (χ0v) is 9.85. The first-order valence-electron chi connectivity index (χ1n) is 5.78. The largest absolute Gasteiger partial charge is 0.467 e. The van der Waals surface area contributed by atoms with E-state index in [1.165, 1.54) is 12.7 Å². The molecule has 1 aromatic rings. The Morgan fingerprint density at radius 2 is 2.18 bits per heavy atom. The van der Waals surface area contributed by atoms with Crippen molar-refractivity contribution >= 4 is 11.5 Å². The highest BCUT2D eigenvalue weighted by molar-refractivity contribution is 5.80. The number of hydrogen-bond acceptors (Lipinski definition) is 3. The second kappa shape index (κ2) is 5.15. The molecule has 2 rings (SSSR count). The maximum Gasteiger partial charge on any atom is 0.339 e. The summed E-state index contributed by atoms with van der Waals surface area (Å²) in [6, 6.07) is 7.46. The predicted molar refractivity (Wildman–Crippen MR) is 65.2 cm³/mol. The van der Waals surface area contributed by atoms with E-state index in [9.17, 15) is 9.90 Å². The van der Waals surface area contributed by atoms with Gasteiger partial charge in [-0.15, -0.1) is 0 Å². The first-order chi connectivity index (χ1) is 8.24. The molecule has 1 N–H and O–H groups in total. The van der Waals surface area contributed by atoms with Crippen LogP contribution in [0.5, 0.6) is 0 Å². The Kier molecular flexibility index (Phi) is 3.59. The molecule has 0 bridgehead atoms. The molecule has 0 fully saturated rings. The number of aliphatic hydroxyl groups excluding tert-OH is 1. The summed E-state index contributed by atoms with van der Waals surface area (Å²) in [7, 11) is 1.28. The Hall–Kier alpha value is -1.61. The molecule has 0 aromatic heterocycles. The van der Waals surface area contributed by atoms with Gasteiger partial charge in [-0.05, 0) is 36.0 Å². The minimum Gasteiger partial charge on any atom is -0.467 e. The van der Waals surface area contributed by atoms with Crippen molar-refractivity contribution in [2.75, 3.05) is 7.11 Å². The molecule has 0 saturated heterocycles. The van der Waals surface area contributed by atoms with Gasteiger partial charge in [0.25, 0.3) is 0 Å². The Morgan fingerprint density at radius 1 is 1.41 bits per heavy atom. The fraction of sp³-hybridized carbons (Fsp3) is 0.357. The van der Waals surface area contributed by atoms with Crippen LogP contribution >= 0.6 is 0 Å². The van der Waals surface area contributed by atoms with Crippen LogP contribution in [0.3, 0.4) is 0 Å². The molecule has 0 amide bonds. The molecule has 0 aliphatic heterocycles. The van der Waals surface area contributed by atoms with E-state index in [-0.39, 0.29) is 0 Å². The third kappa shape index (κ3) is 2.39. The number of carbonyl (C=O) groups excluding carboxylic acids is 1. The third-order valence-corrected chi connectivity index (χ3v) is 3.07. The van der Waals surface area contributed by atoms with Gasteiger partial charge in [-0.3, -0.25) is 0 Å². The van der Waals surface area contributed by atoms with Crippen LogP contribution < -0.4 is 0 Å². The average Bonchev–Trinajstić information content (AvgIpc) is 2.90. The number of hydrogen-bond donors (Lipinski definition) is 1. The summed E-state index contributed by atoms with van der Waals surface area (Å²) >= 11 is 0. The summed E-state index contributed by atoms with van der Waals surface area (Å²) in [5.41, 5.74) is 2.80. The van der Waals surface area contributed by atoms with Gasteiger partial charge in [0.1, 0.15) is 0 Å². The topological polar surface area (TPSA) is 46.5 Å². The molecule has 1 aliphatic carbocycles. The Labute approximate surface area is 101 Å². The maximum absolute atomic E-state index is 11.4. The van der Waals surface area contributed by atoms with Crippen molar-refractivity contribution in [3.8, 4) is 0 Å². The predicted octanol–water partition coefficient (Wildman–Crippen LogP) is 2.46. The molecule has 3 heteroatoms. The van der Waals surface area contributed by atoms with E-state index in [4.69, 9.17) is 0 Å². The summed E-state index contributed by atoms with van der Waals surface area (Å²) in [6.07, 6.45) is 4.18. The molecule has 0 radical (unpaired) electrons. The van der Waals surface area contributed by atoms with Crippen LogP contribution in [-0.4, -0.2) is 18.2 Å². The van der Waals surface area contributed by atoms with Crippen LogP contribution in [0.15, 0.2) is 30.3 Å². The minimum atomic E-state index is -1.20. The molecule has 3 nitrogen and oxygen atoms in total. The fourth-order valence-electron chi connectivity index (χ4n) is 2.18. The van der Waals surface area contributed by atoms with Crippen LogP contribution in [0.4, 0.5) is 0 Å². The first kappa shape index (κ1) is 11.9. The molecule has 0 spiro atoms. The molecule has 1 aromatic carbocycles. The van der Waals surface area contributed by atoms with Gasteiger partial charge >= 0.3 is 5.97 Å². The van der Waals surface area contributed by atoms with E-state index in [2.05, 4.69) is 10.8 Å². The lowest BCUT2D eigenvalue weighted by Crippen LogP contribution is -2.15. The Bertz CT molecular complexity index is 449. The van der Waals surface area contributed by atoms with Gasteiger partial charge < -0.3 is 9.84 Å². The molecule has 1 atom stereocenters. The maximum atomic E-state index is 11.4. The summed E-state index contributed by atoms with van der Waals surface area (Å²) < 4.78 is 4.58. The number of aliphatic hydroxyl groups is 1. The van der Waals surface area contributed by atoms with E-state index < -0.39 is 12.1 Å². The van der Waals surface area contributed by atoms with Crippen LogP contribution in [0, 0.1) is 0 Å². The standard InChI is InChI=1S/C14H16O3/c1-17-14(16)13(15)12-9-5-4-8-11(12)10-6-2-3-7-10/h4-6,8-9,13,15H,2-3,7H2,1H3. The number of benzene rings is 1. The van der Waals surface area contributed by atoms with Gasteiger partial charge in [0, 0.05) is 0 Å². The second-order valence-corrected chi connectivity index (χ2v) is 4.13. The van der Waals surface area contributed by atoms with E-state index in [1.54, 1.807) is 6.07 Å². The van der Waals surface area contributed by atoms with Crippen LogP contribution in [0.2, 0.25) is 0 Å². The molecule has 0 saturated carbocycles. The highest BCUT2D eigenvalue weighted by Crippen LogP contribution is 2.32. The monoisotopic (exact) mass is 232 g/mol. The lowest BCUT2D eigenvalue weighted by molar-refractivity contribution is -0.150. The van der Waals surface area contributed by atoms with Crippen molar-refractivity contribution in [2.24, 2.45) is 0 Å². The average molecular weight is 232 g/mol. The van der Waals surface area contributed by atoms with Gasteiger partial charge in [0.05, 0.1) is 7.11 Å². The molecular formula is C14H16O3. The SMILES string of the molecule is COC(=O)C(O)c1ccccc1C1=CCCC1. The highest BCUT2D eigenvalue weighted by Gasteiger charge is 2.22. The summed E-state index contributed by atoms with van der Waals surface area (Å²) in [5.74, 6) is -0.615. The minimum absolute atomic E-state index is 0.615. The van der Waals surface area contributed by atoms with Crippen LogP contribution in [0.1, 0.15) is 36.5 Å². The third-order valence-electron chi connectivity index (χ3n) is 3.07. The van der Waals surface area contributed by atoms with E-state index >= 15 is 0 Å². The first-order valence-corrected chi connectivity index (χ1v) is 5.78. The van der Waals surface area contributed by atoms with Crippen molar-refractivity contribution in [2.45, 2.75) is 25.4 Å². The van der Waals surface area contributed by atoms with Crippen molar-refractivity contribution in [3.63, 3.8) is 0 Å². The van der Waals surface area contributed by atoms with Crippen molar-refractivity contribution in [1.29, 1.82) is 0 Å². The number of carbonyl (C=O) groups is 1. The van der Waals surface area contributed by atoms with E-state index in [0.717, 1.165) is 24.8 Å². The van der Waals surface area contributed by atoms with Crippen LogP contribution in [-0.2, 0) is 9.53 Å².